The highest BCUT2D eigenvalue weighted by atomic mass is 19.2. The van der Waals surface area contributed by atoms with Gasteiger partial charge in [0.1, 0.15) is 0 Å². The van der Waals surface area contributed by atoms with Crippen LogP contribution in [0.25, 0.3) is 0 Å². The quantitative estimate of drug-likeness (QED) is 0.480. The molecule has 2 nitrogen and oxygen atoms in total. The van der Waals surface area contributed by atoms with E-state index in [1.54, 1.807) is 6.92 Å². The van der Waals surface area contributed by atoms with Crippen molar-refractivity contribution in [2.45, 2.75) is 19.7 Å². The molecule has 0 saturated heterocycles. The molecule has 68 valence electrons. The number of hydrogen-bond donors (Lipinski definition) is 0. The van der Waals surface area contributed by atoms with E-state index in [4.69, 9.17) is 4.74 Å². The van der Waals surface area contributed by atoms with Crippen molar-refractivity contribution in [3.63, 3.8) is 0 Å². The van der Waals surface area contributed by atoms with Gasteiger partial charge in [0.05, 0.1) is 12.5 Å². The molecule has 0 unspecified atom stereocenters. The molecular formula is C7H11BF2O2. The van der Waals surface area contributed by atoms with Crippen LogP contribution in [0, 0.1) is 11.8 Å². The van der Waals surface area contributed by atoms with Crippen molar-refractivity contribution in [3.05, 3.63) is 0 Å². The summed E-state index contributed by atoms with van der Waals surface area (Å²) in [6, 6.07) is 0. The normalized spacial score (nSPS) is 26.6. The number of hydrogen-bond acceptors (Lipinski definition) is 2. The van der Waals surface area contributed by atoms with Crippen LogP contribution in [0.2, 0.25) is 6.32 Å². The van der Waals surface area contributed by atoms with E-state index in [0.29, 0.717) is 13.0 Å². The molecule has 0 amide bonds. The molecule has 1 aliphatic carbocycles. The molecule has 0 N–H and O–H groups in total. The molecule has 0 aromatic rings. The van der Waals surface area contributed by atoms with Gasteiger partial charge < -0.3 is 4.74 Å². The summed E-state index contributed by atoms with van der Waals surface area (Å²) >= 11 is 0. The fourth-order valence-corrected chi connectivity index (χ4v) is 1.27. The van der Waals surface area contributed by atoms with Gasteiger partial charge in [0.2, 0.25) is 0 Å². The van der Waals surface area contributed by atoms with E-state index in [1.807, 2.05) is 0 Å². The first-order valence-electron chi connectivity index (χ1n) is 4.10. The van der Waals surface area contributed by atoms with Crippen LogP contribution in [0.15, 0.2) is 0 Å². The number of halogens is 2. The summed E-state index contributed by atoms with van der Waals surface area (Å²) in [5.74, 6) is -0.703. The highest BCUT2D eigenvalue weighted by molar-refractivity contribution is 6.42. The van der Waals surface area contributed by atoms with Crippen LogP contribution in [-0.2, 0) is 9.53 Å². The minimum atomic E-state index is -2.30. The second kappa shape index (κ2) is 3.87. The molecule has 0 radical (unpaired) electrons. The van der Waals surface area contributed by atoms with Crippen LogP contribution >= 0.6 is 0 Å². The summed E-state index contributed by atoms with van der Waals surface area (Å²) in [5, 5.41) is 0. The van der Waals surface area contributed by atoms with Crippen molar-refractivity contribution in [1.82, 2.24) is 0 Å². The second-order valence-electron chi connectivity index (χ2n) is 2.98. The molecule has 0 aromatic carbocycles. The Morgan fingerprint density at radius 3 is 2.83 bits per heavy atom. The maximum Gasteiger partial charge on any atom is 0.538 e. The van der Waals surface area contributed by atoms with Gasteiger partial charge in [-0.2, -0.15) is 0 Å². The van der Waals surface area contributed by atoms with Crippen LogP contribution < -0.4 is 0 Å². The lowest BCUT2D eigenvalue weighted by molar-refractivity contribution is -0.144. The Labute approximate surface area is 70.5 Å². The zero-order chi connectivity index (χ0) is 9.14. The highest BCUT2D eigenvalue weighted by Gasteiger charge is 2.46. The Morgan fingerprint density at radius 1 is 1.67 bits per heavy atom. The standard InChI is InChI=1S/C7H11BF2O2/c1-2-12-7(11)6-3-5(6)4-8(9)10/h5-6H,2-4H2,1H3/t5-,6-/m1/s1. The lowest BCUT2D eigenvalue weighted by atomic mass is 9.89. The molecule has 0 aromatic heterocycles. The van der Waals surface area contributed by atoms with Gasteiger partial charge in [-0.3, -0.25) is 13.4 Å². The van der Waals surface area contributed by atoms with Crippen molar-refractivity contribution in [1.29, 1.82) is 0 Å². The van der Waals surface area contributed by atoms with Gasteiger partial charge in [-0.1, -0.05) is 0 Å². The number of rotatable bonds is 4. The third-order valence-electron chi connectivity index (χ3n) is 1.99. The largest absolute Gasteiger partial charge is 0.538 e. The van der Waals surface area contributed by atoms with Crippen LogP contribution in [0.4, 0.5) is 8.63 Å². The fourth-order valence-electron chi connectivity index (χ4n) is 1.27. The average molecular weight is 176 g/mol. The molecule has 0 aliphatic heterocycles. The fraction of sp³-hybridized carbons (Fsp3) is 0.857. The minimum Gasteiger partial charge on any atom is -0.466 e. The summed E-state index contributed by atoms with van der Waals surface area (Å²) in [5.41, 5.74) is 0. The van der Waals surface area contributed by atoms with E-state index in [-0.39, 0.29) is 24.1 Å². The third kappa shape index (κ3) is 2.46. The monoisotopic (exact) mass is 176 g/mol. The SMILES string of the molecule is CCOC(=O)[C@@H]1C[C@@H]1CB(F)F. The van der Waals surface area contributed by atoms with Gasteiger partial charge in [0, 0.05) is 0 Å². The lowest BCUT2D eigenvalue weighted by Gasteiger charge is -1.98. The van der Waals surface area contributed by atoms with Gasteiger partial charge in [-0.05, 0) is 25.6 Å². The van der Waals surface area contributed by atoms with E-state index in [0.717, 1.165) is 0 Å². The highest BCUT2D eigenvalue weighted by Crippen LogP contribution is 2.43. The van der Waals surface area contributed by atoms with Crippen LogP contribution in [0.1, 0.15) is 13.3 Å². The predicted octanol–water partition coefficient (Wildman–Crippen LogP) is 1.61. The third-order valence-corrected chi connectivity index (χ3v) is 1.99. The molecule has 12 heavy (non-hydrogen) atoms. The molecule has 0 spiro atoms. The van der Waals surface area contributed by atoms with Crippen LogP contribution in [0.3, 0.4) is 0 Å². The number of esters is 1. The molecule has 0 heterocycles. The molecule has 1 fully saturated rings. The van der Waals surface area contributed by atoms with Crippen molar-refractivity contribution >= 4 is 13.2 Å². The number of ether oxygens (including phenoxy) is 1. The molecule has 1 saturated carbocycles. The first-order chi connectivity index (χ1) is 5.65. The number of carbonyl (C=O) groups is 1. The van der Waals surface area contributed by atoms with Gasteiger partial charge in [0.25, 0.3) is 0 Å². The van der Waals surface area contributed by atoms with E-state index in [2.05, 4.69) is 0 Å². The van der Waals surface area contributed by atoms with E-state index in [9.17, 15) is 13.4 Å². The molecule has 1 rings (SSSR count). The summed E-state index contributed by atoms with van der Waals surface area (Å²) in [6.45, 7) is 2.04. The summed E-state index contributed by atoms with van der Waals surface area (Å²) in [6.07, 6.45) is 0.409. The Hall–Kier alpha value is -0.605. The predicted molar refractivity (Wildman–Crippen MR) is 41.0 cm³/mol. The minimum absolute atomic E-state index is 0.135. The van der Waals surface area contributed by atoms with Crippen molar-refractivity contribution < 1.29 is 18.2 Å². The Balaban J connectivity index is 2.18. The number of carbonyl (C=O) groups excluding carboxylic acids is 1. The molecular weight excluding hydrogens is 165 g/mol. The zero-order valence-electron chi connectivity index (χ0n) is 6.93. The Morgan fingerprint density at radius 2 is 2.33 bits per heavy atom. The van der Waals surface area contributed by atoms with Gasteiger partial charge >= 0.3 is 13.2 Å². The second-order valence-corrected chi connectivity index (χ2v) is 2.98. The summed E-state index contributed by atoms with van der Waals surface area (Å²) < 4.78 is 28.3. The van der Waals surface area contributed by atoms with E-state index in [1.165, 1.54) is 0 Å². The van der Waals surface area contributed by atoms with Gasteiger partial charge in [-0.25, -0.2) is 0 Å². The van der Waals surface area contributed by atoms with Gasteiger partial charge in [0.15, 0.2) is 0 Å². The first-order valence-corrected chi connectivity index (χ1v) is 4.10. The van der Waals surface area contributed by atoms with Crippen LogP contribution in [-0.4, -0.2) is 19.8 Å². The Bertz CT molecular complexity index is 175. The summed E-state index contributed by atoms with van der Waals surface area (Å²) in [4.78, 5) is 10.9. The van der Waals surface area contributed by atoms with Crippen molar-refractivity contribution in [3.8, 4) is 0 Å². The molecule has 2 atom stereocenters. The average Bonchev–Trinajstić information content (AvgIpc) is 2.67. The maximum absolute atomic E-state index is 11.8. The molecule has 1 aliphatic rings. The van der Waals surface area contributed by atoms with Gasteiger partial charge in [-0.15, -0.1) is 0 Å². The van der Waals surface area contributed by atoms with E-state index >= 15 is 0 Å². The smallest absolute Gasteiger partial charge is 0.466 e. The molecule has 0 bridgehead atoms. The lowest BCUT2D eigenvalue weighted by Crippen LogP contribution is -2.09. The Kier molecular flexibility index (Phi) is 3.06. The summed E-state index contributed by atoms with van der Waals surface area (Å²) in [7, 11) is -2.30. The topological polar surface area (TPSA) is 26.3 Å². The van der Waals surface area contributed by atoms with Crippen molar-refractivity contribution in [2.24, 2.45) is 11.8 Å². The van der Waals surface area contributed by atoms with Crippen LogP contribution in [0.5, 0.6) is 0 Å². The zero-order valence-corrected chi connectivity index (χ0v) is 6.93. The van der Waals surface area contributed by atoms with E-state index < -0.39 is 7.27 Å². The first kappa shape index (κ1) is 9.48. The maximum atomic E-state index is 11.8. The van der Waals surface area contributed by atoms with Crippen molar-refractivity contribution in [2.75, 3.05) is 6.61 Å². The molecule has 5 heteroatoms.